The van der Waals surface area contributed by atoms with Gasteiger partial charge in [-0.15, -0.1) is 0 Å². The number of nitrogens with zero attached hydrogens (tertiary/aromatic N) is 2. The highest BCUT2D eigenvalue weighted by Gasteiger charge is 2.35. The molecule has 1 unspecified atom stereocenters. The average Bonchev–Trinajstić information content (AvgIpc) is 3.25. The van der Waals surface area contributed by atoms with Gasteiger partial charge in [0, 0.05) is 19.2 Å². The van der Waals surface area contributed by atoms with E-state index in [2.05, 4.69) is 0 Å². The van der Waals surface area contributed by atoms with Gasteiger partial charge in [0.05, 0.1) is 31.7 Å². The van der Waals surface area contributed by atoms with Crippen LogP contribution in [0.2, 0.25) is 0 Å². The molecule has 1 aromatic carbocycles. The molecule has 27 heavy (non-hydrogen) atoms. The van der Waals surface area contributed by atoms with Crippen LogP contribution in [0, 0.1) is 0 Å². The molecule has 0 radical (unpaired) electrons. The minimum absolute atomic E-state index is 0.124. The lowest BCUT2D eigenvalue weighted by molar-refractivity contribution is -0.142. The number of furan rings is 1. The standard InChI is InChI=1S/C20H20N2O5/c23-19(8-7-15-4-3-11-26-15)22-14-18(20(24)21-9-12-25-13-10-21)27-17-6-2-1-5-16(17)22/h1-8,11,18H,9-10,12-14H2. The van der Waals surface area contributed by atoms with Crippen molar-refractivity contribution in [3.8, 4) is 5.75 Å². The number of amides is 2. The normalized spacial score (nSPS) is 19.6. The van der Waals surface area contributed by atoms with Crippen LogP contribution in [0.5, 0.6) is 5.75 Å². The summed E-state index contributed by atoms with van der Waals surface area (Å²) in [5, 5.41) is 0. The molecule has 0 spiro atoms. The van der Waals surface area contributed by atoms with Crippen LogP contribution in [0.1, 0.15) is 5.76 Å². The van der Waals surface area contributed by atoms with Crippen molar-refractivity contribution in [3.05, 3.63) is 54.5 Å². The Morgan fingerprint density at radius 3 is 2.67 bits per heavy atom. The van der Waals surface area contributed by atoms with Gasteiger partial charge in [0.1, 0.15) is 11.5 Å². The summed E-state index contributed by atoms with van der Waals surface area (Å²) in [6, 6.07) is 10.8. The van der Waals surface area contributed by atoms with Crippen molar-refractivity contribution in [2.24, 2.45) is 0 Å². The maximum atomic E-state index is 12.9. The fourth-order valence-corrected chi connectivity index (χ4v) is 3.19. The summed E-state index contributed by atoms with van der Waals surface area (Å²) in [7, 11) is 0. The van der Waals surface area contributed by atoms with Crippen molar-refractivity contribution in [1.29, 1.82) is 0 Å². The summed E-state index contributed by atoms with van der Waals surface area (Å²) in [5.41, 5.74) is 0.651. The molecule has 1 atom stereocenters. The van der Waals surface area contributed by atoms with E-state index in [1.807, 2.05) is 18.2 Å². The van der Waals surface area contributed by atoms with Crippen LogP contribution in [0.4, 0.5) is 5.69 Å². The van der Waals surface area contributed by atoms with Crippen LogP contribution in [-0.2, 0) is 14.3 Å². The van der Waals surface area contributed by atoms with Gasteiger partial charge in [0.2, 0.25) is 0 Å². The summed E-state index contributed by atoms with van der Waals surface area (Å²) in [6.45, 7) is 2.26. The predicted molar refractivity (Wildman–Crippen MR) is 98.4 cm³/mol. The van der Waals surface area contributed by atoms with Crippen molar-refractivity contribution >= 4 is 23.6 Å². The van der Waals surface area contributed by atoms with Crippen molar-refractivity contribution in [3.63, 3.8) is 0 Å². The van der Waals surface area contributed by atoms with Gasteiger partial charge in [-0.3, -0.25) is 9.59 Å². The van der Waals surface area contributed by atoms with E-state index in [0.717, 1.165) is 0 Å². The molecular weight excluding hydrogens is 348 g/mol. The molecule has 0 bridgehead atoms. The molecule has 7 nitrogen and oxygen atoms in total. The molecule has 2 amide bonds. The highest BCUT2D eigenvalue weighted by atomic mass is 16.5. The first-order valence-corrected chi connectivity index (χ1v) is 8.88. The van der Waals surface area contributed by atoms with Crippen molar-refractivity contribution in [2.45, 2.75) is 6.10 Å². The monoisotopic (exact) mass is 368 g/mol. The summed E-state index contributed by atoms with van der Waals surface area (Å²) in [5.74, 6) is 0.753. The SMILES string of the molecule is O=C(C1CN(C(=O)C=Cc2ccco2)c2ccccc2O1)N1CCOCC1. The lowest BCUT2D eigenvalue weighted by atomic mass is 10.1. The smallest absolute Gasteiger partial charge is 0.265 e. The Bertz CT molecular complexity index is 840. The summed E-state index contributed by atoms with van der Waals surface area (Å²) < 4.78 is 16.4. The van der Waals surface area contributed by atoms with E-state index in [4.69, 9.17) is 13.9 Å². The summed E-state index contributed by atoms with van der Waals surface area (Å²) in [6.07, 6.45) is 3.86. The van der Waals surface area contributed by atoms with Crippen molar-refractivity contribution in [2.75, 3.05) is 37.7 Å². The van der Waals surface area contributed by atoms with E-state index in [1.54, 1.807) is 40.3 Å². The van der Waals surface area contributed by atoms with E-state index in [9.17, 15) is 9.59 Å². The number of carbonyl (C=O) groups is 2. The highest BCUT2D eigenvalue weighted by Crippen LogP contribution is 2.33. The Morgan fingerprint density at radius 2 is 1.89 bits per heavy atom. The maximum absolute atomic E-state index is 12.9. The molecule has 1 fully saturated rings. The molecule has 1 saturated heterocycles. The van der Waals surface area contributed by atoms with E-state index in [-0.39, 0.29) is 18.4 Å². The summed E-state index contributed by atoms with van der Waals surface area (Å²) in [4.78, 5) is 28.9. The molecule has 3 heterocycles. The number of fused-ring (bicyclic) bond motifs is 1. The number of anilines is 1. The zero-order valence-corrected chi connectivity index (χ0v) is 14.7. The summed E-state index contributed by atoms with van der Waals surface area (Å²) >= 11 is 0. The molecule has 2 aromatic rings. The van der Waals surface area contributed by atoms with Gasteiger partial charge in [-0.2, -0.15) is 0 Å². The van der Waals surface area contributed by atoms with Crippen LogP contribution in [0.25, 0.3) is 6.08 Å². The lowest BCUT2D eigenvalue weighted by Gasteiger charge is -2.37. The largest absolute Gasteiger partial charge is 0.476 e. The predicted octanol–water partition coefficient (Wildman–Crippen LogP) is 1.95. The van der Waals surface area contributed by atoms with E-state index in [0.29, 0.717) is 43.5 Å². The van der Waals surface area contributed by atoms with Gasteiger partial charge in [0.25, 0.3) is 11.8 Å². The molecule has 140 valence electrons. The first kappa shape index (κ1) is 17.4. The molecular formula is C20H20N2O5. The Kier molecular flexibility index (Phi) is 4.93. The third-order valence-corrected chi connectivity index (χ3v) is 4.57. The second-order valence-corrected chi connectivity index (χ2v) is 6.31. The number of benzene rings is 1. The molecule has 7 heteroatoms. The van der Waals surface area contributed by atoms with Gasteiger partial charge < -0.3 is 23.7 Å². The molecule has 0 aliphatic carbocycles. The van der Waals surface area contributed by atoms with Gasteiger partial charge in [-0.05, 0) is 30.3 Å². The number of hydrogen-bond donors (Lipinski definition) is 0. The number of para-hydroxylation sites is 2. The Morgan fingerprint density at radius 1 is 1.07 bits per heavy atom. The highest BCUT2D eigenvalue weighted by molar-refractivity contribution is 6.05. The first-order chi connectivity index (χ1) is 13.2. The third-order valence-electron chi connectivity index (χ3n) is 4.57. The average molecular weight is 368 g/mol. The number of ether oxygens (including phenoxy) is 2. The maximum Gasteiger partial charge on any atom is 0.265 e. The van der Waals surface area contributed by atoms with Gasteiger partial charge in [-0.25, -0.2) is 0 Å². The zero-order chi connectivity index (χ0) is 18.6. The Balaban J connectivity index is 1.56. The lowest BCUT2D eigenvalue weighted by Crippen LogP contribution is -2.53. The zero-order valence-electron chi connectivity index (χ0n) is 14.7. The Hall–Kier alpha value is -3.06. The van der Waals surface area contributed by atoms with E-state index in [1.165, 1.54) is 6.08 Å². The van der Waals surface area contributed by atoms with Gasteiger partial charge >= 0.3 is 0 Å². The fraction of sp³-hybridized carbons (Fsp3) is 0.300. The minimum Gasteiger partial charge on any atom is -0.476 e. The Labute approximate surface area is 156 Å². The molecule has 1 aromatic heterocycles. The van der Waals surface area contributed by atoms with Crippen LogP contribution >= 0.6 is 0 Å². The van der Waals surface area contributed by atoms with Crippen LogP contribution in [0.3, 0.4) is 0 Å². The molecule has 2 aliphatic rings. The second kappa shape index (κ2) is 7.67. The topological polar surface area (TPSA) is 72.2 Å². The van der Waals surface area contributed by atoms with Crippen molar-refractivity contribution in [1.82, 2.24) is 4.90 Å². The number of morpholine rings is 1. The van der Waals surface area contributed by atoms with E-state index < -0.39 is 6.10 Å². The van der Waals surface area contributed by atoms with Crippen LogP contribution in [-0.4, -0.2) is 55.7 Å². The third kappa shape index (κ3) is 3.73. The minimum atomic E-state index is -0.737. The van der Waals surface area contributed by atoms with Gasteiger partial charge in [0.15, 0.2) is 6.10 Å². The quantitative estimate of drug-likeness (QED) is 0.775. The molecule has 0 saturated carbocycles. The number of rotatable bonds is 3. The fourth-order valence-electron chi connectivity index (χ4n) is 3.19. The van der Waals surface area contributed by atoms with Gasteiger partial charge in [-0.1, -0.05) is 12.1 Å². The van der Waals surface area contributed by atoms with Crippen LogP contribution in [0.15, 0.2) is 53.2 Å². The number of hydrogen-bond acceptors (Lipinski definition) is 5. The first-order valence-electron chi connectivity index (χ1n) is 8.88. The molecule has 0 N–H and O–H groups in total. The molecule has 4 rings (SSSR count). The molecule has 2 aliphatic heterocycles. The second-order valence-electron chi connectivity index (χ2n) is 6.31. The van der Waals surface area contributed by atoms with E-state index >= 15 is 0 Å². The van der Waals surface area contributed by atoms with Crippen LogP contribution < -0.4 is 9.64 Å². The number of carbonyl (C=O) groups excluding carboxylic acids is 2. The van der Waals surface area contributed by atoms with Crippen molar-refractivity contribution < 1.29 is 23.5 Å².